The maximum atomic E-state index is 11.1. The molecule has 0 saturated carbocycles. The van der Waals surface area contributed by atoms with Gasteiger partial charge in [0.2, 0.25) is 0 Å². The number of unbranched alkanes of at least 4 members (excludes halogenated alkanes) is 1. The highest BCUT2D eigenvalue weighted by Crippen LogP contribution is 2.24. The van der Waals surface area contributed by atoms with Gasteiger partial charge in [-0.05, 0) is 49.9 Å². The van der Waals surface area contributed by atoms with Crippen LogP contribution in [0.5, 0.6) is 11.5 Å². The van der Waals surface area contributed by atoms with Crippen LogP contribution in [-0.4, -0.2) is 35.4 Å². The number of carboxylic acid groups (broad SMARTS) is 1. The Balaban J connectivity index is 2.35. The summed E-state index contributed by atoms with van der Waals surface area (Å²) in [4.78, 5) is 21.7. The van der Waals surface area contributed by atoms with Crippen LogP contribution in [0.1, 0.15) is 38.2 Å². The number of carbonyl (C=O) groups is 2. The first kappa shape index (κ1) is 17.8. The minimum absolute atomic E-state index is 0.0451. The van der Waals surface area contributed by atoms with E-state index in [1.165, 1.54) is 6.07 Å². The molecule has 0 aliphatic carbocycles. The van der Waals surface area contributed by atoms with Crippen molar-refractivity contribution in [2.45, 2.75) is 39.0 Å². The zero-order valence-corrected chi connectivity index (χ0v) is 12.7. The van der Waals surface area contributed by atoms with Crippen LogP contribution in [0, 0.1) is 0 Å². The maximum Gasteiger partial charge on any atom is 0.305 e. The van der Waals surface area contributed by atoms with Crippen molar-refractivity contribution in [1.82, 2.24) is 0 Å². The predicted octanol–water partition coefficient (Wildman–Crippen LogP) is 2.52. The molecule has 2 N–H and O–H groups in total. The number of hydrogen-bond donors (Lipinski definition) is 2. The number of aryl methyl sites for hydroxylation is 1. The summed E-state index contributed by atoms with van der Waals surface area (Å²) in [5.41, 5.74) is 0.548. The van der Waals surface area contributed by atoms with Crippen molar-refractivity contribution in [1.29, 1.82) is 0 Å². The van der Waals surface area contributed by atoms with Crippen molar-refractivity contribution in [3.63, 3.8) is 0 Å². The van der Waals surface area contributed by atoms with Gasteiger partial charge >= 0.3 is 11.9 Å². The highest BCUT2D eigenvalue weighted by Gasteiger charge is 2.07. The molecule has 122 valence electrons. The molecule has 0 aliphatic heterocycles. The third kappa shape index (κ3) is 6.97. The van der Waals surface area contributed by atoms with Crippen molar-refractivity contribution in [3.05, 3.63) is 23.8 Å². The number of phenols is 1. The lowest BCUT2D eigenvalue weighted by Gasteiger charge is -2.09. The van der Waals surface area contributed by atoms with Gasteiger partial charge in [-0.25, -0.2) is 0 Å². The number of ether oxygens (including phenoxy) is 2. The second kappa shape index (κ2) is 9.65. The number of rotatable bonds is 10. The first-order chi connectivity index (χ1) is 10.5. The summed E-state index contributed by atoms with van der Waals surface area (Å²) in [5.74, 6) is -0.474. The summed E-state index contributed by atoms with van der Waals surface area (Å²) >= 11 is 0. The molecule has 6 nitrogen and oxygen atoms in total. The fourth-order valence-corrected chi connectivity index (χ4v) is 1.89. The van der Waals surface area contributed by atoms with E-state index in [4.69, 9.17) is 14.6 Å². The molecule has 0 spiro atoms. The molecule has 1 rings (SSSR count). The molecule has 0 unspecified atom stereocenters. The Kier molecular flexibility index (Phi) is 7.81. The Morgan fingerprint density at radius 2 is 1.95 bits per heavy atom. The molecule has 0 amide bonds. The van der Waals surface area contributed by atoms with Crippen LogP contribution in [-0.2, 0) is 20.7 Å². The summed E-state index contributed by atoms with van der Waals surface area (Å²) in [7, 11) is 0. The first-order valence-corrected chi connectivity index (χ1v) is 7.35. The highest BCUT2D eigenvalue weighted by atomic mass is 16.5. The van der Waals surface area contributed by atoms with Crippen LogP contribution in [0.25, 0.3) is 0 Å². The molecule has 0 heterocycles. The van der Waals surface area contributed by atoms with Gasteiger partial charge in [-0.3, -0.25) is 9.59 Å². The number of carbonyl (C=O) groups excluding carboxylic acids is 1. The van der Waals surface area contributed by atoms with Gasteiger partial charge < -0.3 is 19.7 Å². The Bertz CT molecular complexity index is 497. The molecule has 0 radical (unpaired) electrons. The lowest BCUT2D eigenvalue weighted by molar-refractivity contribution is -0.143. The van der Waals surface area contributed by atoms with Crippen molar-refractivity contribution in [2.24, 2.45) is 0 Å². The van der Waals surface area contributed by atoms with E-state index in [0.717, 1.165) is 0 Å². The second-order valence-electron chi connectivity index (χ2n) is 4.79. The Morgan fingerprint density at radius 1 is 1.18 bits per heavy atom. The summed E-state index contributed by atoms with van der Waals surface area (Å²) in [6, 6.07) is 4.76. The molecule has 0 saturated heterocycles. The van der Waals surface area contributed by atoms with Gasteiger partial charge in [-0.2, -0.15) is 0 Å². The lowest BCUT2D eigenvalue weighted by Crippen LogP contribution is -2.05. The molecule has 0 aromatic heterocycles. The average Bonchev–Trinajstić information content (AvgIpc) is 2.47. The molecular formula is C16H22O6. The summed E-state index contributed by atoms with van der Waals surface area (Å²) in [6.45, 7) is 2.61. The number of phenolic OH excluding ortho intramolecular Hbond substituents is 1. The van der Waals surface area contributed by atoms with E-state index in [-0.39, 0.29) is 24.6 Å². The monoisotopic (exact) mass is 310 g/mol. The Hall–Kier alpha value is -2.24. The van der Waals surface area contributed by atoms with E-state index in [0.29, 0.717) is 43.8 Å². The molecule has 0 aliphatic rings. The molecule has 1 aromatic carbocycles. The van der Waals surface area contributed by atoms with Crippen LogP contribution in [0.3, 0.4) is 0 Å². The smallest absolute Gasteiger partial charge is 0.305 e. The van der Waals surface area contributed by atoms with Gasteiger partial charge in [-0.15, -0.1) is 0 Å². The summed E-state index contributed by atoms with van der Waals surface area (Å²) < 4.78 is 10.4. The lowest BCUT2D eigenvalue weighted by atomic mass is 10.1. The molecule has 1 aromatic rings. The van der Waals surface area contributed by atoms with Crippen molar-refractivity contribution < 1.29 is 29.3 Å². The van der Waals surface area contributed by atoms with E-state index in [2.05, 4.69) is 0 Å². The zero-order valence-electron chi connectivity index (χ0n) is 12.7. The summed E-state index contributed by atoms with van der Waals surface area (Å²) in [5, 5.41) is 18.3. The van der Waals surface area contributed by atoms with Gasteiger partial charge in [0.15, 0.2) is 0 Å². The normalized spacial score (nSPS) is 10.2. The number of aliphatic carboxylic acids is 1. The number of aromatic hydroxyl groups is 1. The Morgan fingerprint density at radius 3 is 2.64 bits per heavy atom. The number of esters is 1. The predicted molar refractivity (Wildman–Crippen MR) is 80.0 cm³/mol. The Labute approximate surface area is 129 Å². The fourth-order valence-electron chi connectivity index (χ4n) is 1.89. The van der Waals surface area contributed by atoms with Crippen LogP contribution in [0.15, 0.2) is 18.2 Å². The molecule has 6 heteroatoms. The molecular weight excluding hydrogens is 288 g/mol. The van der Waals surface area contributed by atoms with Gasteiger partial charge in [0, 0.05) is 12.8 Å². The second-order valence-corrected chi connectivity index (χ2v) is 4.79. The number of hydrogen-bond acceptors (Lipinski definition) is 5. The van der Waals surface area contributed by atoms with Crippen LogP contribution >= 0.6 is 0 Å². The average molecular weight is 310 g/mol. The van der Waals surface area contributed by atoms with E-state index in [9.17, 15) is 14.7 Å². The van der Waals surface area contributed by atoms with Gasteiger partial charge in [0.25, 0.3) is 0 Å². The highest BCUT2D eigenvalue weighted by molar-refractivity contribution is 5.69. The molecule has 22 heavy (non-hydrogen) atoms. The number of carboxylic acids is 1. The third-order valence-corrected chi connectivity index (χ3v) is 3.01. The van der Waals surface area contributed by atoms with Gasteiger partial charge in [-0.1, -0.05) is 0 Å². The molecule has 0 bridgehead atoms. The van der Waals surface area contributed by atoms with Crippen molar-refractivity contribution in [3.8, 4) is 11.5 Å². The van der Waals surface area contributed by atoms with E-state index in [1.807, 2.05) is 0 Å². The SMILES string of the molecule is CCOC(=O)CCCCOc1ccc(O)c(CCC(=O)O)c1. The van der Waals surface area contributed by atoms with Crippen molar-refractivity contribution >= 4 is 11.9 Å². The van der Waals surface area contributed by atoms with Gasteiger partial charge in [0.1, 0.15) is 11.5 Å². The van der Waals surface area contributed by atoms with Gasteiger partial charge in [0.05, 0.1) is 13.2 Å². The largest absolute Gasteiger partial charge is 0.508 e. The minimum atomic E-state index is -0.912. The molecule has 0 fully saturated rings. The van der Waals surface area contributed by atoms with Crippen LogP contribution in [0.4, 0.5) is 0 Å². The fraction of sp³-hybridized carbons (Fsp3) is 0.500. The number of benzene rings is 1. The van der Waals surface area contributed by atoms with Crippen molar-refractivity contribution in [2.75, 3.05) is 13.2 Å². The van der Waals surface area contributed by atoms with E-state index >= 15 is 0 Å². The maximum absolute atomic E-state index is 11.1. The van der Waals surface area contributed by atoms with E-state index in [1.54, 1.807) is 19.1 Å². The zero-order chi connectivity index (χ0) is 16.4. The van der Waals surface area contributed by atoms with Crippen LogP contribution < -0.4 is 4.74 Å². The minimum Gasteiger partial charge on any atom is -0.508 e. The summed E-state index contributed by atoms with van der Waals surface area (Å²) in [6.07, 6.45) is 1.97. The topological polar surface area (TPSA) is 93.1 Å². The quantitative estimate of drug-likeness (QED) is 0.509. The van der Waals surface area contributed by atoms with Crippen LogP contribution in [0.2, 0.25) is 0 Å². The third-order valence-electron chi connectivity index (χ3n) is 3.01. The first-order valence-electron chi connectivity index (χ1n) is 7.35. The van der Waals surface area contributed by atoms with E-state index < -0.39 is 5.97 Å². The molecule has 0 atom stereocenters. The standard InChI is InChI=1S/C16H22O6/c1-2-21-16(20)5-3-4-10-22-13-7-8-14(17)12(11-13)6-9-15(18)19/h7-8,11,17H,2-6,9-10H2,1H3,(H,18,19).